The van der Waals surface area contributed by atoms with Crippen LogP contribution < -0.4 is 10.6 Å². The number of β-amino-alcohol motifs (C(OH)–C–C–N with tert-alkyl or cyclic N) is 1. The van der Waals surface area contributed by atoms with E-state index >= 15 is 0 Å². The van der Waals surface area contributed by atoms with Crippen LogP contribution in [0.15, 0.2) is 60.9 Å². The molecular formula is C43H49ClN8O4. The molecule has 1 saturated heterocycles. The molecule has 5 heterocycles. The van der Waals surface area contributed by atoms with Crippen molar-refractivity contribution in [2.75, 3.05) is 36.8 Å². The second kappa shape index (κ2) is 16.3. The van der Waals surface area contributed by atoms with Gasteiger partial charge in [0.05, 0.1) is 28.4 Å². The first-order valence-electron chi connectivity index (χ1n) is 19.7. The van der Waals surface area contributed by atoms with Gasteiger partial charge in [-0.25, -0.2) is 9.97 Å². The number of nitrogens with zero attached hydrogens (tertiary/aromatic N) is 6. The molecule has 12 nitrogen and oxygen atoms in total. The molecule has 1 saturated carbocycles. The molecule has 0 bridgehead atoms. The molecule has 2 aromatic carbocycles. The fraction of sp³-hybridized carbons (Fsp3) is 0.419. The molecule has 3 aliphatic rings. The maximum atomic E-state index is 13.7. The number of aliphatic hydroxyl groups excluding tert-OH is 1. The van der Waals surface area contributed by atoms with Crippen LogP contribution in [0.25, 0.3) is 22.0 Å². The van der Waals surface area contributed by atoms with Crippen LogP contribution in [0.4, 0.5) is 17.2 Å². The van der Waals surface area contributed by atoms with Crippen molar-refractivity contribution in [2.45, 2.75) is 71.1 Å². The van der Waals surface area contributed by atoms with Crippen LogP contribution in [0.5, 0.6) is 0 Å². The van der Waals surface area contributed by atoms with Gasteiger partial charge in [0.15, 0.2) is 11.6 Å². The maximum Gasteiger partial charge on any atom is 0.306 e. The third-order valence-corrected chi connectivity index (χ3v) is 12.4. The summed E-state index contributed by atoms with van der Waals surface area (Å²) in [6.45, 7) is 6.88. The first kappa shape index (κ1) is 38.0. The average molecular weight is 777 g/mol. The van der Waals surface area contributed by atoms with E-state index in [9.17, 15) is 19.8 Å². The Hall–Kier alpha value is -4.88. The van der Waals surface area contributed by atoms with Crippen molar-refractivity contribution in [1.82, 2.24) is 29.3 Å². The van der Waals surface area contributed by atoms with Crippen molar-refractivity contribution in [3.05, 3.63) is 94.3 Å². The number of nitrogens with one attached hydrogen (secondary N) is 2. The molecule has 0 spiro atoms. The van der Waals surface area contributed by atoms with Crippen molar-refractivity contribution in [3.8, 4) is 11.1 Å². The minimum absolute atomic E-state index is 0.188. The van der Waals surface area contributed by atoms with Crippen molar-refractivity contribution in [2.24, 2.45) is 18.9 Å². The Morgan fingerprint density at radius 2 is 1.75 bits per heavy atom. The SMILES string of the molecule is Cc1c(Nc2nccc3cc(CN4CC[C@@H](O)C4)cnc23)cccc1-c1cccc(NC(=O)c2nc3c(n2C)CCN(CC[C@H]2CC[C@H](C(=O)O)CC2)C3)c1Cl. The third-order valence-electron chi connectivity index (χ3n) is 12.0. The van der Waals surface area contributed by atoms with Crippen LogP contribution in [0.2, 0.25) is 5.02 Å². The second-order valence-corrected chi connectivity index (χ2v) is 16.1. The Labute approximate surface area is 331 Å². The Balaban J connectivity index is 0.941. The van der Waals surface area contributed by atoms with E-state index in [-0.39, 0.29) is 17.9 Å². The Bertz CT molecular complexity index is 2270. The number of carbonyl (C=O) groups excluding carboxylic acids is 1. The van der Waals surface area contributed by atoms with Crippen LogP contribution in [0.1, 0.15) is 71.7 Å². The number of amides is 1. The number of rotatable bonds is 11. The van der Waals surface area contributed by atoms with Gasteiger partial charge in [0.2, 0.25) is 0 Å². The van der Waals surface area contributed by atoms with Crippen molar-refractivity contribution < 1.29 is 19.8 Å². The topological polar surface area (TPSA) is 149 Å². The van der Waals surface area contributed by atoms with Crippen molar-refractivity contribution in [3.63, 3.8) is 0 Å². The molecule has 4 N–H and O–H groups in total. The molecule has 0 unspecified atom stereocenters. The van der Waals surface area contributed by atoms with Crippen LogP contribution >= 0.6 is 11.6 Å². The zero-order chi connectivity index (χ0) is 38.9. The number of benzene rings is 2. The molecule has 1 amide bonds. The number of carbonyl (C=O) groups is 2. The number of carboxylic acids is 1. The summed E-state index contributed by atoms with van der Waals surface area (Å²) in [6, 6.07) is 15.7. The summed E-state index contributed by atoms with van der Waals surface area (Å²) in [7, 11) is 1.90. The fourth-order valence-corrected chi connectivity index (χ4v) is 9.02. The number of pyridine rings is 2. The summed E-state index contributed by atoms with van der Waals surface area (Å²) in [4.78, 5) is 44.0. The first-order chi connectivity index (χ1) is 27.1. The van der Waals surface area contributed by atoms with E-state index < -0.39 is 5.97 Å². The van der Waals surface area contributed by atoms with Crippen LogP contribution in [0.3, 0.4) is 0 Å². The smallest absolute Gasteiger partial charge is 0.306 e. The number of hydrogen-bond acceptors (Lipinski definition) is 9. The highest BCUT2D eigenvalue weighted by atomic mass is 35.5. The van der Waals surface area contributed by atoms with Crippen LogP contribution in [-0.2, 0) is 31.4 Å². The number of likely N-dealkylation sites (tertiary alicyclic amines) is 1. The minimum Gasteiger partial charge on any atom is -0.481 e. The molecule has 2 fully saturated rings. The van der Waals surface area contributed by atoms with Gasteiger partial charge < -0.3 is 25.4 Å². The fourth-order valence-electron chi connectivity index (χ4n) is 8.74. The van der Waals surface area contributed by atoms with Gasteiger partial charge in [0.25, 0.3) is 5.91 Å². The normalized spacial score (nSPS) is 20.2. The van der Waals surface area contributed by atoms with Gasteiger partial charge in [-0.3, -0.25) is 24.4 Å². The van der Waals surface area contributed by atoms with Crippen molar-refractivity contribution in [1.29, 1.82) is 0 Å². The van der Waals surface area contributed by atoms with E-state index in [4.69, 9.17) is 21.6 Å². The van der Waals surface area contributed by atoms with E-state index in [1.165, 1.54) is 0 Å². The molecule has 2 aliphatic heterocycles. The van der Waals surface area contributed by atoms with Crippen LogP contribution in [-0.4, -0.2) is 83.7 Å². The first-order valence-corrected chi connectivity index (χ1v) is 20.1. The van der Waals surface area contributed by atoms with Gasteiger partial charge in [-0.15, -0.1) is 0 Å². The second-order valence-electron chi connectivity index (χ2n) is 15.7. The number of carboxylic acid groups (broad SMARTS) is 1. The molecule has 56 heavy (non-hydrogen) atoms. The van der Waals surface area contributed by atoms with Gasteiger partial charge in [0, 0.05) is 80.9 Å². The lowest BCUT2D eigenvalue weighted by Crippen LogP contribution is -2.33. The Morgan fingerprint density at radius 1 is 0.964 bits per heavy atom. The highest BCUT2D eigenvalue weighted by molar-refractivity contribution is 6.36. The van der Waals surface area contributed by atoms with E-state index in [0.717, 1.165) is 121 Å². The number of aliphatic hydroxyl groups is 1. The summed E-state index contributed by atoms with van der Waals surface area (Å²) >= 11 is 7.07. The zero-order valence-corrected chi connectivity index (χ0v) is 32.7. The van der Waals surface area contributed by atoms with E-state index in [0.29, 0.717) is 41.4 Å². The standard InChI is InChI=1S/C43H49ClN8O4/c1-26-32(5-3-7-34(26)47-40-39-30(13-17-45-40)21-28(22-46-39)23-52-19-15-31(53)24-52)33-6-4-8-35(38(33)44)49-42(54)41-48-36-25-51(20-16-37(36)50(41)2)18-14-27-9-11-29(12-10-27)43(55)56/h3-8,13,17,21-22,27,29,31,53H,9-12,14-16,18-20,23-25H2,1-2H3,(H,45,47)(H,49,54)(H,55,56)/t27-,29-,31-/m1/s1. The van der Waals surface area contributed by atoms with E-state index in [1.54, 1.807) is 6.20 Å². The summed E-state index contributed by atoms with van der Waals surface area (Å²) in [5, 5.41) is 27.2. The quantitative estimate of drug-likeness (QED) is 0.109. The van der Waals surface area contributed by atoms with Crippen LogP contribution in [0, 0.1) is 18.8 Å². The molecule has 5 aromatic rings. The number of imidazole rings is 1. The lowest BCUT2D eigenvalue weighted by atomic mass is 9.80. The number of fused-ring (bicyclic) bond motifs is 2. The van der Waals surface area contributed by atoms with Gasteiger partial charge in [-0.1, -0.05) is 35.9 Å². The zero-order valence-electron chi connectivity index (χ0n) is 32.0. The molecule has 3 aromatic heterocycles. The lowest BCUT2D eigenvalue weighted by Gasteiger charge is -2.30. The maximum absolute atomic E-state index is 13.7. The van der Waals surface area contributed by atoms with Gasteiger partial charge in [-0.05, 0) is 98.9 Å². The number of aromatic nitrogens is 4. The van der Waals surface area contributed by atoms with Gasteiger partial charge >= 0.3 is 5.97 Å². The highest BCUT2D eigenvalue weighted by Crippen LogP contribution is 2.39. The average Bonchev–Trinajstić information content (AvgIpc) is 3.76. The van der Waals surface area contributed by atoms with E-state index in [1.807, 2.05) is 67.2 Å². The van der Waals surface area contributed by atoms with Crippen molar-refractivity contribution >= 4 is 51.6 Å². The van der Waals surface area contributed by atoms with Gasteiger partial charge in [0.1, 0.15) is 5.52 Å². The minimum atomic E-state index is -0.662. The third kappa shape index (κ3) is 8.02. The number of halogens is 1. The monoisotopic (exact) mass is 776 g/mol. The molecule has 8 rings (SSSR count). The largest absolute Gasteiger partial charge is 0.481 e. The summed E-state index contributed by atoms with van der Waals surface area (Å²) in [5.41, 5.74) is 7.91. The summed E-state index contributed by atoms with van der Waals surface area (Å²) in [6.07, 6.45) is 9.58. The number of aliphatic carboxylic acids is 1. The Kier molecular flexibility index (Phi) is 11.1. The molecule has 1 atom stereocenters. The predicted molar refractivity (Wildman–Crippen MR) is 218 cm³/mol. The summed E-state index contributed by atoms with van der Waals surface area (Å²) < 4.78 is 1.90. The molecular weight excluding hydrogens is 728 g/mol. The van der Waals surface area contributed by atoms with E-state index in [2.05, 4.69) is 31.5 Å². The molecule has 0 radical (unpaired) electrons. The molecule has 1 aliphatic carbocycles. The Morgan fingerprint density at radius 3 is 2.52 bits per heavy atom. The molecule has 292 valence electrons. The lowest BCUT2D eigenvalue weighted by molar-refractivity contribution is -0.143. The highest BCUT2D eigenvalue weighted by Gasteiger charge is 2.29. The number of hydrogen-bond donors (Lipinski definition) is 4. The molecule has 13 heteroatoms. The predicted octanol–water partition coefficient (Wildman–Crippen LogP) is 7.19. The summed E-state index contributed by atoms with van der Waals surface area (Å²) in [5.74, 6) is 0.405. The van der Waals surface area contributed by atoms with Gasteiger partial charge in [-0.2, -0.15) is 0 Å². The number of anilines is 3.